The van der Waals surface area contributed by atoms with Crippen molar-refractivity contribution in [3.63, 3.8) is 0 Å². The third-order valence-corrected chi connectivity index (χ3v) is 29.3. The first-order chi connectivity index (χ1) is 69.9. The Morgan fingerprint density at radius 2 is 0.454 bits per heavy atom. The number of para-hydroxylation sites is 10. The molecule has 11 nitrogen and oxygen atoms in total. The van der Waals surface area contributed by atoms with Crippen LogP contribution in [0.25, 0.3) is 286 Å². The summed E-state index contributed by atoms with van der Waals surface area (Å²) in [5.41, 5.74) is 30.1. The molecule has 10 heterocycles. The van der Waals surface area contributed by atoms with Crippen LogP contribution in [0.5, 0.6) is 0 Å². The minimum absolute atomic E-state index is 0.648. The molecule has 0 aliphatic heterocycles. The maximum atomic E-state index is 6.42. The average molecular weight is 1800 g/mol. The Bertz CT molecular complexity index is 10900. The number of benzene rings is 22. The van der Waals surface area contributed by atoms with Crippen molar-refractivity contribution in [2.75, 3.05) is 0 Å². The van der Waals surface area contributed by atoms with Crippen LogP contribution < -0.4 is 0 Å². The van der Waals surface area contributed by atoms with Crippen molar-refractivity contribution in [2.45, 2.75) is 0 Å². The molecule has 0 amide bonds. The van der Waals surface area contributed by atoms with E-state index in [4.69, 9.17) is 23.2 Å². The van der Waals surface area contributed by atoms with Gasteiger partial charge in [0.1, 0.15) is 33.5 Å². The second-order valence-electron chi connectivity index (χ2n) is 37.0. The van der Waals surface area contributed by atoms with Crippen molar-refractivity contribution >= 4 is 229 Å². The van der Waals surface area contributed by atoms with E-state index in [9.17, 15) is 0 Å². The fourth-order valence-corrected chi connectivity index (χ4v) is 23.1. The van der Waals surface area contributed by atoms with Crippen LogP contribution in [-0.4, -0.2) is 37.4 Å². The smallest absolute Gasteiger partial charge is 0.235 e. The first-order valence-electron chi connectivity index (χ1n) is 48.0. The van der Waals surface area contributed by atoms with E-state index in [1.165, 1.54) is 125 Å². The van der Waals surface area contributed by atoms with Crippen LogP contribution in [0.4, 0.5) is 0 Å². The summed E-state index contributed by atoms with van der Waals surface area (Å²) in [5.74, 6) is 0.648. The third kappa shape index (κ3) is 12.0. The SMILES string of the molecule is c1ccc(-c2cccc(-n3c4cc5oc6ccccc6c5cc4c4cc5c6ccccc6n(-c6ccccc6)c5cc43)c2)cc1.c1ccc(-c2nc(-n3c4ccccc4c4cc5c6cc7c(cc6n(-c6ccccc6)c5cc43)oc3ccccc37)nc3ccccc23)cc1.c1ccc(-n2c3cc4oc5ccccc5c4cc3c3cc4c5ccccc5n(-c5cc6ccccc6c6ccccc56)c4cc32)cc1. The number of fused-ring (bicyclic) bond motifs is 31. The van der Waals surface area contributed by atoms with Gasteiger partial charge in [-0.3, -0.25) is 4.57 Å². The minimum Gasteiger partial charge on any atom is -0.456 e. The van der Waals surface area contributed by atoms with Crippen molar-refractivity contribution < 1.29 is 13.3 Å². The number of furan rings is 3. The van der Waals surface area contributed by atoms with Crippen LogP contribution in [0.1, 0.15) is 0 Å². The Labute approximate surface area is 804 Å². The van der Waals surface area contributed by atoms with Gasteiger partial charge in [-0.15, -0.1) is 0 Å². The van der Waals surface area contributed by atoms with Gasteiger partial charge in [0.2, 0.25) is 5.95 Å². The maximum Gasteiger partial charge on any atom is 0.235 e. The Kier molecular flexibility index (Phi) is 17.0. The van der Waals surface area contributed by atoms with E-state index in [0.29, 0.717) is 5.95 Å². The number of aromatic nitrogens is 8. The number of hydrogen-bond acceptors (Lipinski definition) is 5. The van der Waals surface area contributed by atoms with Crippen LogP contribution in [0.15, 0.2) is 486 Å². The first-order valence-corrected chi connectivity index (χ1v) is 48.0. The number of hydrogen-bond donors (Lipinski definition) is 0. The Morgan fingerprint density at radius 1 is 0.149 bits per heavy atom. The summed E-state index contributed by atoms with van der Waals surface area (Å²) in [6.07, 6.45) is 0. The zero-order valence-corrected chi connectivity index (χ0v) is 75.8. The van der Waals surface area contributed by atoms with Gasteiger partial charge in [-0.05, 0) is 179 Å². The van der Waals surface area contributed by atoms with E-state index in [1.807, 2.05) is 36.4 Å². The largest absolute Gasteiger partial charge is 0.456 e. The van der Waals surface area contributed by atoms with Gasteiger partial charge in [0.15, 0.2) is 0 Å². The second kappa shape index (κ2) is 30.7. The fraction of sp³-hybridized carbons (Fsp3) is 0. The van der Waals surface area contributed by atoms with Crippen LogP contribution >= 0.6 is 0 Å². The molecule has 0 aliphatic rings. The molecule has 0 radical (unpaired) electrons. The summed E-state index contributed by atoms with van der Waals surface area (Å²) in [7, 11) is 0. The van der Waals surface area contributed by atoms with Crippen LogP contribution in [0, 0.1) is 0 Å². The molecule has 32 rings (SSSR count). The fourth-order valence-electron chi connectivity index (χ4n) is 23.1. The van der Waals surface area contributed by atoms with Crippen molar-refractivity contribution in [3.8, 4) is 56.8 Å². The predicted molar refractivity (Wildman–Crippen MR) is 586 cm³/mol. The highest BCUT2D eigenvalue weighted by Gasteiger charge is 2.28. The highest BCUT2D eigenvalue weighted by Crippen LogP contribution is 2.49. The molecule has 141 heavy (non-hydrogen) atoms. The van der Waals surface area contributed by atoms with E-state index in [0.717, 1.165) is 155 Å². The summed E-state index contributed by atoms with van der Waals surface area (Å²) in [4.78, 5) is 10.5. The molecule has 0 unspecified atom stereocenters. The lowest BCUT2D eigenvalue weighted by Crippen LogP contribution is -2.03. The molecule has 0 aliphatic carbocycles. The molecule has 22 aromatic carbocycles. The Hall–Kier alpha value is -19.1. The Balaban J connectivity index is 0.0000000993. The summed E-state index contributed by atoms with van der Waals surface area (Å²) >= 11 is 0. The van der Waals surface area contributed by atoms with Gasteiger partial charge >= 0.3 is 0 Å². The van der Waals surface area contributed by atoms with Crippen LogP contribution in [0.3, 0.4) is 0 Å². The topological polar surface area (TPSA) is 94.8 Å². The molecule has 10 aromatic heterocycles. The van der Waals surface area contributed by atoms with Gasteiger partial charge in [0.25, 0.3) is 0 Å². The molecule has 0 bridgehead atoms. The first kappa shape index (κ1) is 78.2. The average Bonchev–Trinajstić information content (AvgIpc) is 1.59. The second-order valence-corrected chi connectivity index (χ2v) is 37.0. The lowest BCUT2D eigenvalue weighted by atomic mass is 10.00. The quantitative estimate of drug-likeness (QED) is 0.141. The molecule has 32 aromatic rings. The lowest BCUT2D eigenvalue weighted by Gasteiger charge is -2.14. The van der Waals surface area contributed by atoms with Gasteiger partial charge in [0.05, 0.1) is 83.1 Å². The zero-order valence-electron chi connectivity index (χ0n) is 75.8. The highest BCUT2D eigenvalue weighted by atomic mass is 16.3. The van der Waals surface area contributed by atoms with Crippen LogP contribution in [-0.2, 0) is 0 Å². The summed E-state index contributed by atoms with van der Waals surface area (Å²) in [6.45, 7) is 0. The molecular weight excluding hydrogens is 1720 g/mol. The maximum absolute atomic E-state index is 6.42. The van der Waals surface area contributed by atoms with Crippen molar-refractivity contribution in [1.82, 2.24) is 37.4 Å². The van der Waals surface area contributed by atoms with E-state index >= 15 is 0 Å². The molecule has 0 spiro atoms. The van der Waals surface area contributed by atoms with Gasteiger partial charge in [-0.2, -0.15) is 0 Å². The molecule has 656 valence electrons. The molecule has 0 fully saturated rings. The van der Waals surface area contributed by atoms with Gasteiger partial charge in [0, 0.05) is 154 Å². The summed E-state index contributed by atoms with van der Waals surface area (Å²) < 4.78 is 33.5. The lowest BCUT2D eigenvalue weighted by molar-refractivity contribution is 0.669. The Morgan fingerprint density at radius 3 is 0.922 bits per heavy atom. The zero-order chi connectivity index (χ0) is 92.2. The van der Waals surface area contributed by atoms with Gasteiger partial charge in [-0.1, -0.05) is 303 Å². The predicted octanol–water partition coefficient (Wildman–Crippen LogP) is 34.9. The molecule has 0 saturated carbocycles. The van der Waals surface area contributed by atoms with E-state index in [1.54, 1.807) is 0 Å². The van der Waals surface area contributed by atoms with Crippen molar-refractivity contribution in [3.05, 3.63) is 473 Å². The number of rotatable bonds is 8. The molecule has 0 atom stereocenters. The summed E-state index contributed by atoms with van der Waals surface area (Å²) in [6, 6.07) is 169. The third-order valence-electron chi connectivity index (χ3n) is 29.3. The normalized spacial score (nSPS) is 12.1. The van der Waals surface area contributed by atoms with Crippen LogP contribution in [0.2, 0.25) is 0 Å². The van der Waals surface area contributed by atoms with E-state index in [-0.39, 0.29) is 0 Å². The van der Waals surface area contributed by atoms with E-state index in [2.05, 4.69) is 464 Å². The summed E-state index contributed by atoms with van der Waals surface area (Å²) in [5, 5.41) is 27.4. The number of nitrogens with zero attached hydrogens (tertiary/aromatic N) is 8. The monoisotopic (exact) mass is 1800 g/mol. The van der Waals surface area contributed by atoms with Gasteiger partial charge in [-0.25, -0.2) is 9.97 Å². The molecular formula is C130H78N8O3. The van der Waals surface area contributed by atoms with Crippen molar-refractivity contribution in [2.24, 2.45) is 0 Å². The van der Waals surface area contributed by atoms with E-state index < -0.39 is 0 Å². The highest BCUT2D eigenvalue weighted by molar-refractivity contribution is 6.27. The minimum atomic E-state index is 0.648. The molecule has 11 heteroatoms. The van der Waals surface area contributed by atoms with Gasteiger partial charge < -0.3 is 36.1 Å². The standard InChI is InChI=1S/C44H26N4O.C44H26N2O.C42H26N2O/c1-3-13-27(14-4-1)43-31-19-7-10-20-36(31)45-44(46-43)48-37-21-11-8-17-29(37)32-23-33-34-24-35-30-18-9-12-22-41(30)49-42(35)26-40(34)47(38(33)25-39(32)48)28-15-5-2-6-16-28;1-2-13-28(14-3-1)45-40-25-41-34(23-35(40)36-24-37-33-19-9-11-21-43(33)47-44(37)26-42(36)45)32-18-8-10-20-38(32)46(41)39-22-27-12-4-5-15-29(27)30-16-6-7-17-31(30)39;1-3-12-27(13-4-1)28-14-11-17-30(22-28)44-39-25-38-33(31-18-7-9-20-37(31)43(38)29-15-5-2-6-16-29)23-34(39)35-24-36-32-19-8-10-21-41(32)45-42(36)26-40(35)44/h1-26H;1-26H;1-26H. The molecule has 0 saturated heterocycles. The van der Waals surface area contributed by atoms with Crippen molar-refractivity contribution in [1.29, 1.82) is 0 Å². The molecule has 0 N–H and O–H groups in total.